The fraction of sp³-hybridized carbons (Fsp3) is 0.333. The van der Waals surface area contributed by atoms with Gasteiger partial charge in [0.2, 0.25) is 10.0 Å². The molecule has 0 aromatic heterocycles. The molecular weight excluding hydrogens is 404 g/mol. The summed E-state index contributed by atoms with van der Waals surface area (Å²) in [5.74, 6) is 0. The number of sulfonamides is 1. The molecule has 10 heteroatoms. The van der Waals surface area contributed by atoms with E-state index in [9.17, 15) is 18.5 Å². The van der Waals surface area contributed by atoms with Gasteiger partial charge in [0.05, 0.1) is 9.82 Å². The molecule has 0 amide bonds. The predicted molar refractivity (Wildman–Crippen MR) is 108 cm³/mol. The lowest BCUT2D eigenvalue weighted by atomic mass is 10.2. The molecule has 8 nitrogen and oxygen atoms in total. The first kappa shape index (κ1) is 20.5. The topological polar surface area (TPSA) is 95.8 Å². The molecule has 0 spiro atoms. The van der Waals surface area contributed by atoms with Crippen LogP contribution in [0.3, 0.4) is 0 Å². The molecule has 0 aliphatic carbocycles. The molecular formula is C18H21ClN4O4S. The van der Waals surface area contributed by atoms with Crippen LogP contribution in [-0.4, -0.2) is 57.5 Å². The molecule has 1 aliphatic heterocycles. The van der Waals surface area contributed by atoms with Crippen LogP contribution < -0.4 is 9.62 Å². The molecule has 0 saturated carbocycles. The second-order valence-electron chi connectivity index (χ2n) is 6.45. The molecule has 1 heterocycles. The Labute approximate surface area is 168 Å². The van der Waals surface area contributed by atoms with Gasteiger partial charge < -0.3 is 4.90 Å². The van der Waals surface area contributed by atoms with Crippen molar-refractivity contribution < 1.29 is 13.3 Å². The van der Waals surface area contributed by atoms with Crippen LogP contribution in [0.1, 0.15) is 0 Å². The number of rotatable bonds is 7. The number of piperazine rings is 1. The Balaban J connectivity index is 1.46. The van der Waals surface area contributed by atoms with E-state index in [1.54, 1.807) is 0 Å². The molecule has 150 valence electrons. The summed E-state index contributed by atoms with van der Waals surface area (Å²) in [5, 5.41) is 11.4. The molecule has 3 rings (SSSR count). The number of hydrogen-bond acceptors (Lipinski definition) is 6. The summed E-state index contributed by atoms with van der Waals surface area (Å²) in [4.78, 5) is 14.6. The summed E-state index contributed by atoms with van der Waals surface area (Å²) in [6.07, 6.45) is 0. The van der Waals surface area contributed by atoms with E-state index in [-0.39, 0.29) is 17.1 Å². The van der Waals surface area contributed by atoms with Crippen molar-refractivity contribution in [2.24, 2.45) is 0 Å². The number of nitrogens with one attached hydrogen (secondary N) is 1. The minimum atomic E-state index is -3.68. The number of benzene rings is 2. The Morgan fingerprint density at radius 1 is 1.00 bits per heavy atom. The van der Waals surface area contributed by atoms with Gasteiger partial charge in [0.15, 0.2) is 0 Å². The first-order valence-corrected chi connectivity index (χ1v) is 10.7. The van der Waals surface area contributed by atoms with Crippen LogP contribution in [0.4, 0.5) is 11.4 Å². The van der Waals surface area contributed by atoms with Crippen LogP contribution in [0, 0.1) is 10.1 Å². The lowest BCUT2D eigenvalue weighted by Crippen LogP contribution is -2.48. The predicted octanol–water partition coefficient (Wildman–Crippen LogP) is 2.35. The standard InChI is InChI=1S/C18H21ClN4O4S/c19-15-1-3-16(4-2-15)22-13-11-21(12-14-22)10-9-20-28(26,27)18-7-5-17(6-8-18)23(24)25/h1-8,20H,9-14H2. The fourth-order valence-electron chi connectivity index (χ4n) is 3.05. The first-order valence-electron chi connectivity index (χ1n) is 8.82. The van der Waals surface area contributed by atoms with Crippen molar-refractivity contribution in [1.82, 2.24) is 9.62 Å². The van der Waals surface area contributed by atoms with Crippen molar-refractivity contribution in [3.63, 3.8) is 0 Å². The lowest BCUT2D eigenvalue weighted by molar-refractivity contribution is -0.384. The van der Waals surface area contributed by atoms with Gasteiger partial charge in [-0.05, 0) is 36.4 Å². The number of nitro groups is 1. The fourth-order valence-corrected chi connectivity index (χ4v) is 4.20. The summed E-state index contributed by atoms with van der Waals surface area (Å²) < 4.78 is 27.2. The van der Waals surface area contributed by atoms with Crippen molar-refractivity contribution in [3.8, 4) is 0 Å². The van der Waals surface area contributed by atoms with Crippen molar-refractivity contribution in [1.29, 1.82) is 0 Å². The third-order valence-electron chi connectivity index (χ3n) is 4.64. The molecule has 28 heavy (non-hydrogen) atoms. The third-order valence-corrected chi connectivity index (χ3v) is 6.37. The monoisotopic (exact) mass is 424 g/mol. The zero-order valence-electron chi connectivity index (χ0n) is 15.1. The van der Waals surface area contributed by atoms with Crippen LogP contribution in [0.5, 0.6) is 0 Å². The Hall–Kier alpha value is -2.20. The van der Waals surface area contributed by atoms with Crippen molar-refractivity contribution in [2.45, 2.75) is 4.90 Å². The van der Waals surface area contributed by atoms with E-state index in [0.29, 0.717) is 11.6 Å². The zero-order valence-corrected chi connectivity index (χ0v) is 16.7. The maximum Gasteiger partial charge on any atom is 0.269 e. The number of hydrogen-bond donors (Lipinski definition) is 1. The smallest absolute Gasteiger partial charge is 0.269 e. The Morgan fingerprint density at radius 2 is 1.61 bits per heavy atom. The Kier molecular flexibility index (Phi) is 6.50. The van der Waals surface area contributed by atoms with E-state index in [1.807, 2.05) is 24.3 Å². The first-order chi connectivity index (χ1) is 13.3. The van der Waals surface area contributed by atoms with Gasteiger partial charge >= 0.3 is 0 Å². The van der Waals surface area contributed by atoms with Gasteiger partial charge in [-0.3, -0.25) is 15.0 Å². The molecule has 1 N–H and O–H groups in total. The summed E-state index contributed by atoms with van der Waals surface area (Å²) in [6.45, 7) is 4.26. The molecule has 0 atom stereocenters. The molecule has 1 saturated heterocycles. The van der Waals surface area contributed by atoms with E-state index >= 15 is 0 Å². The van der Waals surface area contributed by atoms with Crippen LogP contribution >= 0.6 is 11.6 Å². The van der Waals surface area contributed by atoms with Crippen LogP contribution in [0.2, 0.25) is 5.02 Å². The van der Waals surface area contributed by atoms with Gasteiger partial charge in [0, 0.05) is 62.1 Å². The number of anilines is 1. The van der Waals surface area contributed by atoms with Crippen LogP contribution in [-0.2, 0) is 10.0 Å². The molecule has 2 aromatic rings. The highest BCUT2D eigenvalue weighted by atomic mass is 35.5. The zero-order chi connectivity index (χ0) is 20.1. The summed E-state index contributed by atoms with van der Waals surface area (Å²) in [5.41, 5.74) is 0.987. The summed E-state index contributed by atoms with van der Waals surface area (Å²) >= 11 is 5.92. The number of halogens is 1. The second-order valence-corrected chi connectivity index (χ2v) is 8.66. The minimum Gasteiger partial charge on any atom is -0.369 e. The molecule has 0 bridgehead atoms. The van der Waals surface area contributed by atoms with Gasteiger partial charge in [0.25, 0.3) is 5.69 Å². The maximum atomic E-state index is 12.3. The second kappa shape index (κ2) is 8.87. The van der Waals surface area contributed by atoms with E-state index < -0.39 is 14.9 Å². The lowest BCUT2D eigenvalue weighted by Gasteiger charge is -2.36. The summed E-state index contributed by atoms with van der Waals surface area (Å²) in [6, 6.07) is 12.6. The van der Waals surface area contributed by atoms with E-state index in [2.05, 4.69) is 14.5 Å². The molecule has 0 radical (unpaired) electrons. The Morgan fingerprint density at radius 3 is 2.18 bits per heavy atom. The normalized spacial score (nSPS) is 15.5. The van der Waals surface area contributed by atoms with Crippen molar-refractivity contribution in [3.05, 3.63) is 63.7 Å². The number of nitrogens with zero attached hydrogens (tertiary/aromatic N) is 3. The molecule has 1 fully saturated rings. The van der Waals surface area contributed by atoms with Crippen molar-refractivity contribution in [2.75, 3.05) is 44.2 Å². The maximum absolute atomic E-state index is 12.3. The highest BCUT2D eigenvalue weighted by Crippen LogP contribution is 2.19. The third kappa shape index (κ3) is 5.20. The van der Waals surface area contributed by atoms with E-state index in [0.717, 1.165) is 31.9 Å². The summed E-state index contributed by atoms with van der Waals surface area (Å²) in [7, 11) is -3.68. The van der Waals surface area contributed by atoms with E-state index in [4.69, 9.17) is 11.6 Å². The highest BCUT2D eigenvalue weighted by Gasteiger charge is 2.19. The van der Waals surface area contributed by atoms with Crippen LogP contribution in [0.25, 0.3) is 0 Å². The van der Waals surface area contributed by atoms with Gasteiger partial charge in [-0.2, -0.15) is 0 Å². The van der Waals surface area contributed by atoms with Crippen molar-refractivity contribution >= 4 is 33.0 Å². The highest BCUT2D eigenvalue weighted by molar-refractivity contribution is 7.89. The van der Waals surface area contributed by atoms with Gasteiger partial charge in [-0.1, -0.05) is 11.6 Å². The van der Waals surface area contributed by atoms with Gasteiger partial charge in [0.1, 0.15) is 0 Å². The average Bonchev–Trinajstić information content (AvgIpc) is 2.69. The molecule has 2 aromatic carbocycles. The average molecular weight is 425 g/mol. The van der Waals surface area contributed by atoms with Gasteiger partial charge in [-0.15, -0.1) is 0 Å². The number of non-ortho nitro benzene ring substituents is 1. The largest absolute Gasteiger partial charge is 0.369 e. The minimum absolute atomic E-state index is 0.0191. The Bertz CT molecular complexity index is 912. The molecule has 1 aliphatic rings. The quantitative estimate of drug-likeness (QED) is 0.541. The number of nitro benzene ring substituents is 1. The SMILES string of the molecule is O=[N+]([O-])c1ccc(S(=O)(=O)NCCN2CCN(c3ccc(Cl)cc3)CC2)cc1. The molecule has 0 unspecified atom stereocenters. The van der Waals surface area contributed by atoms with Crippen LogP contribution in [0.15, 0.2) is 53.4 Å². The van der Waals surface area contributed by atoms with E-state index in [1.165, 1.54) is 24.3 Å². The van der Waals surface area contributed by atoms with Gasteiger partial charge in [-0.25, -0.2) is 13.1 Å².